The van der Waals surface area contributed by atoms with Gasteiger partial charge in [-0.05, 0) is 42.7 Å². The predicted molar refractivity (Wildman–Crippen MR) is 101 cm³/mol. The highest BCUT2D eigenvalue weighted by molar-refractivity contribution is 6.01. The van der Waals surface area contributed by atoms with E-state index in [4.69, 9.17) is 4.42 Å². The van der Waals surface area contributed by atoms with Gasteiger partial charge in [0.05, 0.1) is 12.3 Å². The molecule has 0 aliphatic carbocycles. The summed E-state index contributed by atoms with van der Waals surface area (Å²) in [6.45, 7) is 2.91. The molecule has 7 nitrogen and oxygen atoms in total. The first-order chi connectivity index (χ1) is 13.1. The molecule has 1 aromatic carbocycles. The first-order valence-corrected chi connectivity index (χ1v) is 8.91. The van der Waals surface area contributed by atoms with Gasteiger partial charge in [-0.25, -0.2) is 4.98 Å². The minimum Gasteiger partial charge on any atom is -0.464 e. The van der Waals surface area contributed by atoms with Crippen LogP contribution in [-0.2, 0) is 11.3 Å². The molecule has 1 saturated heterocycles. The highest BCUT2D eigenvalue weighted by Gasteiger charge is 2.46. The third kappa shape index (κ3) is 2.99. The zero-order chi connectivity index (χ0) is 18.9. The lowest BCUT2D eigenvalue weighted by molar-refractivity contribution is -0.123. The molecule has 1 fully saturated rings. The minimum atomic E-state index is -0.932. The molecular weight excluding hydrogens is 342 g/mol. The summed E-state index contributed by atoms with van der Waals surface area (Å²) in [4.78, 5) is 23.0. The van der Waals surface area contributed by atoms with Crippen molar-refractivity contribution >= 4 is 28.6 Å². The van der Waals surface area contributed by atoms with Gasteiger partial charge in [-0.1, -0.05) is 13.0 Å². The smallest absolute Gasteiger partial charge is 0.248 e. The van der Waals surface area contributed by atoms with Crippen molar-refractivity contribution in [3.05, 3.63) is 48.4 Å². The van der Waals surface area contributed by atoms with Crippen LogP contribution in [0.25, 0.3) is 11.0 Å². The zero-order valence-electron chi connectivity index (χ0n) is 15.0. The molecule has 0 saturated carbocycles. The van der Waals surface area contributed by atoms with E-state index in [1.807, 2.05) is 31.2 Å². The number of carbonyl (C=O) groups is 1. The van der Waals surface area contributed by atoms with Crippen molar-refractivity contribution in [3.63, 3.8) is 0 Å². The van der Waals surface area contributed by atoms with Gasteiger partial charge >= 0.3 is 0 Å². The van der Waals surface area contributed by atoms with Gasteiger partial charge in [-0.15, -0.1) is 0 Å². The molecule has 3 heterocycles. The van der Waals surface area contributed by atoms with Crippen LogP contribution >= 0.6 is 0 Å². The van der Waals surface area contributed by atoms with Crippen LogP contribution in [-0.4, -0.2) is 22.4 Å². The van der Waals surface area contributed by atoms with E-state index in [0.29, 0.717) is 37.7 Å². The van der Waals surface area contributed by atoms with E-state index in [-0.39, 0.29) is 5.91 Å². The number of nitrogens with zero attached hydrogens (tertiary/aromatic N) is 4. The number of hydrogen-bond acceptors (Lipinski definition) is 6. The number of aromatic nitrogens is 2. The fourth-order valence-electron chi connectivity index (χ4n) is 3.39. The van der Waals surface area contributed by atoms with Crippen LogP contribution in [0.1, 0.15) is 25.3 Å². The van der Waals surface area contributed by atoms with Crippen molar-refractivity contribution in [2.24, 2.45) is 5.41 Å². The Kier molecular flexibility index (Phi) is 4.24. The summed E-state index contributed by atoms with van der Waals surface area (Å²) in [6, 6.07) is 11.8. The molecule has 136 valence electrons. The summed E-state index contributed by atoms with van der Waals surface area (Å²) in [7, 11) is 0. The van der Waals surface area contributed by atoms with Crippen molar-refractivity contribution in [3.8, 4) is 6.07 Å². The Bertz CT molecular complexity index is 1040. The van der Waals surface area contributed by atoms with Gasteiger partial charge in [0.25, 0.3) is 0 Å². The van der Waals surface area contributed by atoms with E-state index >= 15 is 0 Å². The van der Waals surface area contributed by atoms with Crippen LogP contribution in [0.3, 0.4) is 0 Å². The molecule has 27 heavy (non-hydrogen) atoms. The minimum absolute atomic E-state index is 0.178. The van der Waals surface area contributed by atoms with Gasteiger partial charge in [0, 0.05) is 24.7 Å². The number of furan rings is 1. The first-order valence-electron chi connectivity index (χ1n) is 8.91. The Morgan fingerprint density at radius 3 is 3.04 bits per heavy atom. The predicted octanol–water partition coefficient (Wildman–Crippen LogP) is 3.49. The molecule has 3 aromatic rings. The van der Waals surface area contributed by atoms with Crippen LogP contribution in [0.4, 0.5) is 11.8 Å². The van der Waals surface area contributed by atoms with E-state index in [1.54, 1.807) is 23.4 Å². The topological polar surface area (TPSA) is 95.1 Å². The second-order valence-corrected chi connectivity index (χ2v) is 6.64. The Balaban J connectivity index is 1.49. The molecule has 4 rings (SSSR count). The molecule has 1 atom stereocenters. The number of rotatable bonds is 5. The lowest BCUT2D eigenvalue weighted by Crippen LogP contribution is -2.33. The summed E-state index contributed by atoms with van der Waals surface area (Å²) < 4.78 is 5.35. The third-order valence-electron chi connectivity index (χ3n) is 5.12. The lowest BCUT2D eigenvalue weighted by Gasteiger charge is -2.19. The van der Waals surface area contributed by atoms with Crippen molar-refractivity contribution < 1.29 is 9.21 Å². The number of nitrogens with one attached hydrogen (secondary N) is 1. The molecule has 0 radical (unpaired) electrons. The summed E-state index contributed by atoms with van der Waals surface area (Å²) >= 11 is 0. The lowest BCUT2D eigenvalue weighted by atomic mass is 9.85. The maximum atomic E-state index is 12.7. The molecule has 0 spiro atoms. The first kappa shape index (κ1) is 17.0. The fraction of sp³-hybridized carbons (Fsp3) is 0.300. The van der Waals surface area contributed by atoms with Gasteiger partial charge in [-0.3, -0.25) is 9.69 Å². The molecular formula is C20H19N5O2. The van der Waals surface area contributed by atoms with E-state index < -0.39 is 5.41 Å². The van der Waals surface area contributed by atoms with Gasteiger partial charge in [0.1, 0.15) is 16.8 Å². The Hall–Kier alpha value is -3.40. The molecule has 1 aliphatic rings. The molecule has 2 aromatic heterocycles. The van der Waals surface area contributed by atoms with Crippen molar-refractivity contribution in [2.45, 2.75) is 26.3 Å². The standard InChI is InChI=1S/C20H19N5O2/c1-2-20(13-21)7-9-25(18(20)26)17-5-8-22-19(24-17)23-12-14-3-4-16-15(11-14)6-10-27-16/h3-6,8,10-11H,2,7,9,12H2,1H3,(H,22,23,24). The average Bonchev–Trinajstić information content (AvgIpc) is 3.30. The van der Waals surface area contributed by atoms with Crippen molar-refractivity contribution in [1.82, 2.24) is 9.97 Å². The fourth-order valence-corrected chi connectivity index (χ4v) is 3.39. The van der Waals surface area contributed by atoms with E-state index in [1.165, 1.54) is 0 Å². The Labute approximate surface area is 156 Å². The van der Waals surface area contributed by atoms with E-state index in [0.717, 1.165) is 16.5 Å². The van der Waals surface area contributed by atoms with Gasteiger partial charge in [-0.2, -0.15) is 10.2 Å². The normalized spacial score (nSPS) is 19.4. The average molecular weight is 361 g/mol. The largest absolute Gasteiger partial charge is 0.464 e. The second-order valence-electron chi connectivity index (χ2n) is 6.64. The molecule has 7 heteroatoms. The van der Waals surface area contributed by atoms with Crippen LogP contribution in [0.15, 0.2) is 47.2 Å². The quantitative estimate of drug-likeness (QED) is 0.747. The Morgan fingerprint density at radius 2 is 2.26 bits per heavy atom. The molecule has 1 aliphatic heterocycles. The molecule has 1 unspecified atom stereocenters. The maximum Gasteiger partial charge on any atom is 0.248 e. The van der Waals surface area contributed by atoms with Crippen LogP contribution in [0.2, 0.25) is 0 Å². The summed E-state index contributed by atoms with van der Waals surface area (Å²) in [5.41, 5.74) is 0.990. The number of amides is 1. The molecule has 0 bridgehead atoms. The zero-order valence-corrected chi connectivity index (χ0v) is 15.0. The van der Waals surface area contributed by atoms with Crippen molar-refractivity contribution in [1.29, 1.82) is 5.26 Å². The second kappa shape index (κ2) is 6.72. The number of fused-ring (bicyclic) bond motifs is 1. The number of anilines is 2. The number of nitriles is 1. The highest BCUT2D eigenvalue weighted by Crippen LogP contribution is 2.36. The Morgan fingerprint density at radius 1 is 1.37 bits per heavy atom. The van der Waals surface area contributed by atoms with Crippen LogP contribution in [0.5, 0.6) is 0 Å². The maximum absolute atomic E-state index is 12.7. The number of carbonyl (C=O) groups excluding carboxylic acids is 1. The monoisotopic (exact) mass is 361 g/mol. The summed E-state index contributed by atoms with van der Waals surface area (Å²) in [5.74, 6) is 0.787. The molecule has 1 amide bonds. The third-order valence-corrected chi connectivity index (χ3v) is 5.12. The van der Waals surface area contributed by atoms with Crippen LogP contribution < -0.4 is 10.2 Å². The SMILES string of the molecule is CCC1(C#N)CCN(c2ccnc(NCc3ccc4occc4c3)n2)C1=O. The summed E-state index contributed by atoms with van der Waals surface area (Å²) in [6.07, 6.45) is 4.32. The van der Waals surface area contributed by atoms with Crippen molar-refractivity contribution in [2.75, 3.05) is 16.8 Å². The number of hydrogen-bond donors (Lipinski definition) is 1. The molecule has 1 N–H and O–H groups in total. The summed E-state index contributed by atoms with van der Waals surface area (Å²) in [5, 5.41) is 13.7. The van der Waals surface area contributed by atoms with E-state index in [2.05, 4.69) is 21.4 Å². The van der Waals surface area contributed by atoms with Gasteiger partial charge < -0.3 is 9.73 Å². The number of benzene rings is 1. The van der Waals surface area contributed by atoms with E-state index in [9.17, 15) is 10.1 Å². The van der Waals surface area contributed by atoms with Crippen LogP contribution in [0, 0.1) is 16.7 Å². The highest BCUT2D eigenvalue weighted by atomic mass is 16.3. The van der Waals surface area contributed by atoms with Gasteiger partial charge in [0.2, 0.25) is 11.9 Å². The van der Waals surface area contributed by atoms with Gasteiger partial charge in [0.15, 0.2) is 0 Å².